The van der Waals surface area contributed by atoms with Crippen molar-refractivity contribution < 1.29 is 17.9 Å². The molecule has 2 bridgehead atoms. The number of benzene rings is 1. The first-order valence-electron chi connectivity index (χ1n) is 7.43. The highest BCUT2D eigenvalue weighted by molar-refractivity contribution is 7.89. The quantitative estimate of drug-likeness (QED) is 0.815. The van der Waals surface area contributed by atoms with E-state index in [4.69, 9.17) is 9.47 Å². The Kier molecular flexibility index (Phi) is 4.14. The van der Waals surface area contributed by atoms with E-state index in [2.05, 4.69) is 16.9 Å². The van der Waals surface area contributed by atoms with Crippen molar-refractivity contribution >= 4 is 10.0 Å². The van der Waals surface area contributed by atoms with Crippen LogP contribution in [0.25, 0.3) is 0 Å². The third-order valence-corrected chi connectivity index (χ3v) is 6.04. The molecule has 2 aliphatic rings. The van der Waals surface area contributed by atoms with Gasteiger partial charge in [-0.05, 0) is 42.7 Å². The van der Waals surface area contributed by atoms with E-state index in [1.807, 2.05) is 0 Å². The molecule has 0 radical (unpaired) electrons. The van der Waals surface area contributed by atoms with Gasteiger partial charge in [0.05, 0.1) is 19.1 Å². The van der Waals surface area contributed by atoms with Gasteiger partial charge in [-0.15, -0.1) is 0 Å². The zero-order chi connectivity index (χ0) is 15.7. The fraction of sp³-hybridized carbons (Fsp3) is 0.500. The van der Waals surface area contributed by atoms with Crippen molar-refractivity contribution in [1.29, 1.82) is 0 Å². The Balaban J connectivity index is 1.71. The van der Waals surface area contributed by atoms with Crippen LogP contribution in [-0.4, -0.2) is 29.2 Å². The lowest BCUT2D eigenvalue weighted by atomic mass is 9.94. The maximum absolute atomic E-state index is 12.4. The smallest absolute Gasteiger partial charge is 0.240 e. The first-order chi connectivity index (χ1) is 10.5. The zero-order valence-electron chi connectivity index (χ0n) is 12.8. The van der Waals surface area contributed by atoms with Crippen molar-refractivity contribution in [3.8, 4) is 11.5 Å². The SMILES string of the molecule is COc1ccc(S(=O)(=O)NC[C@H]2C[C@@H]3C=C[C@H]2C3)cc1OC. The van der Waals surface area contributed by atoms with Crippen LogP contribution in [0.2, 0.25) is 0 Å². The number of ether oxygens (including phenoxy) is 2. The molecule has 5 nitrogen and oxygen atoms in total. The van der Waals surface area contributed by atoms with Crippen LogP contribution >= 0.6 is 0 Å². The first kappa shape index (κ1) is 15.4. The van der Waals surface area contributed by atoms with Gasteiger partial charge in [-0.1, -0.05) is 12.2 Å². The molecule has 0 spiro atoms. The van der Waals surface area contributed by atoms with Crippen molar-refractivity contribution in [2.24, 2.45) is 17.8 Å². The number of nitrogens with one attached hydrogen (secondary N) is 1. The fourth-order valence-electron chi connectivity index (χ4n) is 3.41. The second-order valence-electron chi connectivity index (χ2n) is 5.91. The molecular weight excluding hydrogens is 302 g/mol. The number of allylic oxidation sites excluding steroid dienone is 2. The molecule has 0 unspecified atom stereocenters. The van der Waals surface area contributed by atoms with Gasteiger partial charge in [-0.3, -0.25) is 0 Å². The predicted octanol–water partition coefficient (Wildman–Crippen LogP) is 2.19. The monoisotopic (exact) mass is 323 g/mol. The summed E-state index contributed by atoms with van der Waals surface area (Å²) in [5.74, 6) is 2.50. The van der Waals surface area contributed by atoms with Gasteiger partial charge in [-0.2, -0.15) is 0 Å². The van der Waals surface area contributed by atoms with E-state index in [1.165, 1.54) is 32.8 Å². The molecule has 0 aromatic heterocycles. The Morgan fingerprint density at radius 3 is 2.50 bits per heavy atom. The molecule has 1 aromatic rings. The molecular formula is C16H21NO4S. The third-order valence-electron chi connectivity index (χ3n) is 4.62. The van der Waals surface area contributed by atoms with Crippen molar-refractivity contribution in [3.63, 3.8) is 0 Å². The molecule has 22 heavy (non-hydrogen) atoms. The van der Waals surface area contributed by atoms with Crippen LogP contribution in [-0.2, 0) is 10.0 Å². The third kappa shape index (κ3) is 2.85. The van der Waals surface area contributed by atoms with Gasteiger partial charge < -0.3 is 9.47 Å². The molecule has 0 heterocycles. The van der Waals surface area contributed by atoms with E-state index in [9.17, 15) is 8.42 Å². The van der Waals surface area contributed by atoms with Crippen LogP contribution in [0.3, 0.4) is 0 Å². The molecule has 3 rings (SSSR count). The van der Waals surface area contributed by atoms with E-state index in [0.29, 0.717) is 35.8 Å². The number of hydrogen-bond donors (Lipinski definition) is 1. The number of fused-ring (bicyclic) bond motifs is 2. The lowest BCUT2D eigenvalue weighted by Gasteiger charge is -2.18. The Labute approximate surface area is 131 Å². The molecule has 1 fully saturated rings. The Morgan fingerprint density at radius 2 is 1.91 bits per heavy atom. The molecule has 3 atom stereocenters. The minimum Gasteiger partial charge on any atom is -0.493 e. The van der Waals surface area contributed by atoms with Gasteiger partial charge in [0.15, 0.2) is 11.5 Å². The van der Waals surface area contributed by atoms with Gasteiger partial charge in [0, 0.05) is 12.6 Å². The number of rotatable bonds is 6. The molecule has 1 saturated carbocycles. The highest BCUT2D eigenvalue weighted by Crippen LogP contribution is 2.43. The molecule has 1 N–H and O–H groups in total. The summed E-state index contributed by atoms with van der Waals surface area (Å²) in [5.41, 5.74) is 0. The van der Waals surface area contributed by atoms with E-state index in [1.54, 1.807) is 6.07 Å². The van der Waals surface area contributed by atoms with E-state index >= 15 is 0 Å². The van der Waals surface area contributed by atoms with Crippen molar-refractivity contribution in [3.05, 3.63) is 30.4 Å². The van der Waals surface area contributed by atoms with Gasteiger partial charge in [-0.25, -0.2) is 13.1 Å². The summed E-state index contributed by atoms with van der Waals surface area (Å²) < 4.78 is 37.9. The number of hydrogen-bond acceptors (Lipinski definition) is 4. The average Bonchev–Trinajstić information content (AvgIpc) is 3.15. The number of methoxy groups -OCH3 is 2. The molecule has 0 aliphatic heterocycles. The normalized spacial score (nSPS) is 26.4. The summed E-state index contributed by atoms with van der Waals surface area (Å²) >= 11 is 0. The van der Waals surface area contributed by atoms with E-state index in [-0.39, 0.29) is 4.90 Å². The van der Waals surface area contributed by atoms with Crippen molar-refractivity contribution in [2.45, 2.75) is 17.7 Å². The highest BCUT2D eigenvalue weighted by Gasteiger charge is 2.36. The molecule has 120 valence electrons. The fourth-order valence-corrected chi connectivity index (χ4v) is 4.52. The Bertz CT molecular complexity index is 683. The van der Waals surface area contributed by atoms with E-state index < -0.39 is 10.0 Å². The zero-order valence-corrected chi connectivity index (χ0v) is 13.6. The van der Waals surface area contributed by atoms with Gasteiger partial charge >= 0.3 is 0 Å². The number of sulfonamides is 1. The molecule has 6 heteroatoms. The van der Waals surface area contributed by atoms with Crippen LogP contribution in [0.5, 0.6) is 11.5 Å². The summed E-state index contributed by atoms with van der Waals surface area (Å²) in [7, 11) is -0.522. The second kappa shape index (κ2) is 5.93. The second-order valence-corrected chi connectivity index (χ2v) is 7.68. The van der Waals surface area contributed by atoms with Crippen LogP contribution in [0.4, 0.5) is 0 Å². The average molecular weight is 323 g/mol. The lowest BCUT2D eigenvalue weighted by Crippen LogP contribution is -2.31. The van der Waals surface area contributed by atoms with Crippen LogP contribution in [0.15, 0.2) is 35.2 Å². The van der Waals surface area contributed by atoms with Crippen molar-refractivity contribution in [2.75, 3.05) is 20.8 Å². The van der Waals surface area contributed by atoms with Gasteiger partial charge in [0.2, 0.25) is 10.0 Å². The lowest BCUT2D eigenvalue weighted by molar-refractivity contribution is 0.354. The van der Waals surface area contributed by atoms with Crippen LogP contribution in [0, 0.1) is 17.8 Å². The van der Waals surface area contributed by atoms with E-state index in [0.717, 1.165) is 6.42 Å². The minimum absolute atomic E-state index is 0.198. The summed E-state index contributed by atoms with van der Waals surface area (Å²) in [6.07, 6.45) is 6.73. The summed E-state index contributed by atoms with van der Waals surface area (Å²) in [6.45, 7) is 0.488. The molecule has 2 aliphatic carbocycles. The summed E-state index contributed by atoms with van der Waals surface area (Å²) in [6, 6.07) is 4.62. The first-order valence-corrected chi connectivity index (χ1v) is 8.92. The van der Waals surface area contributed by atoms with Crippen molar-refractivity contribution in [1.82, 2.24) is 4.72 Å². The maximum Gasteiger partial charge on any atom is 0.240 e. The van der Waals surface area contributed by atoms with Gasteiger partial charge in [0.1, 0.15) is 0 Å². The maximum atomic E-state index is 12.4. The molecule has 1 aromatic carbocycles. The predicted molar refractivity (Wildman–Crippen MR) is 83.6 cm³/mol. The summed E-state index contributed by atoms with van der Waals surface area (Å²) in [4.78, 5) is 0.198. The van der Waals surface area contributed by atoms with Gasteiger partial charge in [0.25, 0.3) is 0 Å². The largest absolute Gasteiger partial charge is 0.493 e. The summed E-state index contributed by atoms with van der Waals surface area (Å²) in [5, 5.41) is 0. The standard InChI is InChI=1S/C16H21NO4S/c1-20-15-6-5-14(9-16(15)21-2)22(18,19)17-10-13-8-11-3-4-12(13)7-11/h3-6,9,11-13,17H,7-8,10H2,1-2H3/t11-,12+,13-/m1/s1. The Morgan fingerprint density at radius 1 is 1.14 bits per heavy atom. The highest BCUT2D eigenvalue weighted by atomic mass is 32.2. The minimum atomic E-state index is -3.53. The Hall–Kier alpha value is -1.53. The molecule has 0 amide bonds. The van der Waals surface area contributed by atoms with Crippen LogP contribution in [0.1, 0.15) is 12.8 Å². The molecule has 0 saturated heterocycles. The topological polar surface area (TPSA) is 64.6 Å². The van der Waals surface area contributed by atoms with Crippen LogP contribution < -0.4 is 14.2 Å².